The highest BCUT2D eigenvalue weighted by Gasteiger charge is 2.25. The molecule has 18 heavy (non-hydrogen) atoms. The molecular weight excluding hydrogens is 250 g/mol. The minimum atomic E-state index is -1.20. The first-order valence-corrected chi connectivity index (χ1v) is 6.90. The van der Waals surface area contributed by atoms with Gasteiger partial charge >= 0.3 is 0 Å². The Kier molecular flexibility index (Phi) is 3.82. The van der Waals surface area contributed by atoms with E-state index in [-0.39, 0.29) is 11.5 Å². The van der Waals surface area contributed by atoms with Gasteiger partial charge in [-0.1, -0.05) is 10.5 Å². The predicted molar refractivity (Wildman–Crippen MR) is 72.7 cm³/mol. The van der Waals surface area contributed by atoms with Crippen molar-refractivity contribution in [3.05, 3.63) is 23.8 Å². The molecular formula is C13H17NO3S. The molecule has 98 valence electrons. The fourth-order valence-corrected chi connectivity index (χ4v) is 1.96. The van der Waals surface area contributed by atoms with Crippen LogP contribution in [-0.2, 0) is 17.8 Å². The van der Waals surface area contributed by atoms with Gasteiger partial charge in [0, 0.05) is 6.42 Å². The van der Waals surface area contributed by atoms with Gasteiger partial charge in [0.15, 0.2) is 11.5 Å². The first-order chi connectivity index (χ1) is 8.47. The van der Waals surface area contributed by atoms with Crippen LogP contribution in [0, 0.1) is 0 Å². The Morgan fingerprint density at radius 2 is 2.06 bits per heavy atom. The van der Waals surface area contributed by atoms with Gasteiger partial charge in [0.2, 0.25) is 6.79 Å². The average molecular weight is 267 g/mol. The van der Waals surface area contributed by atoms with Gasteiger partial charge in [0.1, 0.15) is 16.1 Å². The highest BCUT2D eigenvalue weighted by atomic mass is 32.2. The maximum Gasteiger partial charge on any atom is 0.231 e. The Hall–Kier alpha value is -1.20. The third kappa shape index (κ3) is 3.17. The molecule has 1 unspecified atom stereocenters. The normalized spacial score (nSPS) is 16.2. The molecule has 0 fully saturated rings. The minimum absolute atomic E-state index is 0.279. The van der Waals surface area contributed by atoms with Crippen molar-refractivity contribution in [1.29, 1.82) is 0 Å². The number of benzene rings is 1. The van der Waals surface area contributed by atoms with Gasteiger partial charge in [-0.15, -0.1) is 0 Å². The van der Waals surface area contributed by atoms with Gasteiger partial charge in [-0.25, -0.2) is 0 Å². The second-order valence-corrected chi connectivity index (χ2v) is 6.98. The van der Waals surface area contributed by atoms with Crippen LogP contribution >= 0.6 is 0 Å². The molecule has 0 bridgehead atoms. The fraction of sp³-hybridized carbons (Fsp3) is 0.462. The summed E-state index contributed by atoms with van der Waals surface area (Å²) in [5.74, 6) is 1.53. The number of ether oxygens (including phenoxy) is 2. The maximum absolute atomic E-state index is 11.7. The van der Waals surface area contributed by atoms with Crippen LogP contribution in [-0.4, -0.2) is 22.3 Å². The molecule has 0 amide bonds. The largest absolute Gasteiger partial charge is 0.591 e. The van der Waals surface area contributed by atoms with Gasteiger partial charge in [0.05, 0.1) is 6.21 Å². The number of nitrogens with zero attached hydrogens (tertiary/aromatic N) is 1. The van der Waals surface area contributed by atoms with E-state index in [4.69, 9.17) is 9.47 Å². The zero-order valence-electron chi connectivity index (χ0n) is 10.8. The molecule has 4 nitrogen and oxygen atoms in total. The van der Waals surface area contributed by atoms with Crippen LogP contribution in [0.2, 0.25) is 0 Å². The van der Waals surface area contributed by atoms with Crippen LogP contribution in [0.5, 0.6) is 11.5 Å². The van der Waals surface area contributed by atoms with E-state index in [0.717, 1.165) is 17.1 Å². The lowest BCUT2D eigenvalue weighted by atomic mass is 10.1. The zero-order chi connectivity index (χ0) is 13.2. The van der Waals surface area contributed by atoms with E-state index in [1.54, 1.807) is 6.21 Å². The summed E-state index contributed by atoms with van der Waals surface area (Å²) in [6, 6.07) is 5.76. The summed E-state index contributed by atoms with van der Waals surface area (Å²) in [7, 11) is 0. The summed E-state index contributed by atoms with van der Waals surface area (Å²) >= 11 is -1.20. The summed E-state index contributed by atoms with van der Waals surface area (Å²) < 4.78 is 26.0. The molecule has 0 spiro atoms. The van der Waals surface area contributed by atoms with Crippen molar-refractivity contribution < 1.29 is 14.0 Å². The molecule has 1 aromatic carbocycles. The molecule has 0 N–H and O–H groups in total. The van der Waals surface area contributed by atoms with E-state index in [2.05, 4.69) is 4.40 Å². The van der Waals surface area contributed by atoms with Gasteiger partial charge in [-0.2, -0.15) is 0 Å². The van der Waals surface area contributed by atoms with Crippen LogP contribution in [0.25, 0.3) is 0 Å². The molecule has 0 aromatic heterocycles. The monoisotopic (exact) mass is 267 g/mol. The smallest absolute Gasteiger partial charge is 0.231 e. The second kappa shape index (κ2) is 5.20. The van der Waals surface area contributed by atoms with Crippen molar-refractivity contribution in [2.75, 3.05) is 6.79 Å². The average Bonchev–Trinajstić information content (AvgIpc) is 2.74. The fourth-order valence-electron chi connectivity index (χ4n) is 1.44. The van der Waals surface area contributed by atoms with Crippen LogP contribution in [0.1, 0.15) is 26.3 Å². The number of hydrogen-bond donors (Lipinski definition) is 0. The highest BCUT2D eigenvalue weighted by molar-refractivity contribution is 7.91. The third-order valence-electron chi connectivity index (χ3n) is 2.46. The first kappa shape index (κ1) is 13.2. The Morgan fingerprint density at radius 3 is 2.78 bits per heavy atom. The Labute approximate surface area is 110 Å². The summed E-state index contributed by atoms with van der Waals surface area (Å²) in [6.07, 6.45) is 2.33. The van der Waals surface area contributed by atoms with Crippen LogP contribution in [0.15, 0.2) is 22.6 Å². The Morgan fingerprint density at radius 1 is 1.33 bits per heavy atom. The van der Waals surface area contributed by atoms with Crippen molar-refractivity contribution in [2.45, 2.75) is 31.9 Å². The van der Waals surface area contributed by atoms with Gasteiger partial charge < -0.3 is 14.0 Å². The molecule has 1 aliphatic rings. The molecule has 0 saturated carbocycles. The summed E-state index contributed by atoms with van der Waals surface area (Å²) in [6.45, 7) is 5.99. The molecule has 2 rings (SSSR count). The van der Waals surface area contributed by atoms with E-state index in [9.17, 15) is 4.55 Å². The Bertz CT molecular complexity index is 454. The Balaban J connectivity index is 1.96. The number of hydrogen-bond acceptors (Lipinski definition) is 4. The molecule has 1 aromatic rings. The molecule has 0 saturated heterocycles. The van der Waals surface area contributed by atoms with Crippen molar-refractivity contribution >= 4 is 17.6 Å². The van der Waals surface area contributed by atoms with Crippen LogP contribution in [0.3, 0.4) is 0 Å². The molecule has 5 heteroatoms. The van der Waals surface area contributed by atoms with Crippen LogP contribution in [0.4, 0.5) is 0 Å². The first-order valence-electron chi connectivity index (χ1n) is 5.80. The van der Waals surface area contributed by atoms with E-state index in [1.807, 2.05) is 39.0 Å². The molecule has 1 heterocycles. The number of rotatable bonds is 3. The standard InChI is InChI=1S/C13H17NO3S/c1-13(2,3)18(15)14-7-6-10-4-5-11-12(8-10)17-9-16-11/h4-5,7-8H,6,9H2,1-3H3. The lowest BCUT2D eigenvalue weighted by Gasteiger charge is -2.17. The molecule has 0 radical (unpaired) electrons. The minimum Gasteiger partial charge on any atom is -0.591 e. The van der Waals surface area contributed by atoms with Crippen molar-refractivity contribution in [1.82, 2.24) is 0 Å². The maximum atomic E-state index is 11.7. The molecule has 1 aliphatic heterocycles. The third-order valence-corrected chi connectivity index (χ3v) is 3.85. The lowest BCUT2D eigenvalue weighted by Crippen LogP contribution is -2.25. The van der Waals surface area contributed by atoms with Gasteiger partial charge in [-0.3, -0.25) is 0 Å². The second-order valence-electron chi connectivity index (χ2n) is 5.04. The number of fused-ring (bicyclic) bond motifs is 1. The lowest BCUT2D eigenvalue weighted by molar-refractivity contribution is 0.174. The zero-order valence-corrected chi connectivity index (χ0v) is 11.6. The van der Waals surface area contributed by atoms with E-state index < -0.39 is 11.4 Å². The quantitative estimate of drug-likeness (QED) is 0.624. The van der Waals surface area contributed by atoms with Crippen molar-refractivity contribution in [3.8, 4) is 11.5 Å². The molecule has 1 atom stereocenters. The van der Waals surface area contributed by atoms with Gasteiger partial charge in [-0.05, 0) is 38.5 Å². The topological polar surface area (TPSA) is 53.9 Å². The SMILES string of the molecule is CC(C)(C)[S+]([O-])N=CCc1ccc2c(c1)OCO2. The van der Waals surface area contributed by atoms with Crippen LogP contribution < -0.4 is 9.47 Å². The van der Waals surface area contributed by atoms with Crippen molar-refractivity contribution in [3.63, 3.8) is 0 Å². The van der Waals surface area contributed by atoms with Gasteiger partial charge in [0.25, 0.3) is 0 Å². The van der Waals surface area contributed by atoms with E-state index >= 15 is 0 Å². The predicted octanol–water partition coefficient (Wildman–Crippen LogP) is 2.49. The van der Waals surface area contributed by atoms with E-state index in [1.165, 1.54) is 0 Å². The summed E-state index contributed by atoms with van der Waals surface area (Å²) in [4.78, 5) is 0. The molecule has 0 aliphatic carbocycles. The summed E-state index contributed by atoms with van der Waals surface area (Å²) in [5, 5.41) is 0. The summed E-state index contributed by atoms with van der Waals surface area (Å²) in [5.41, 5.74) is 1.06. The van der Waals surface area contributed by atoms with Crippen molar-refractivity contribution in [2.24, 2.45) is 4.40 Å². The van der Waals surface area contributed by atoms with E-state index in [0.29, 0.717) is 6.42 Å². The highest BCUT2D eigenvalue weighted by Crippen LogP contribution is 2.32.